The Morgan fingerprint density at radius 1 is 0.867 bits per heavy atom. The van der Waals surface area contributed by atoms with Gasteiger partial charge in [-0.3, -0.25) is 9.59 Å². The van der Waals surface area contributed by atoms with E-state index in [1.54, 1.807) is 0 Å². The van der Waals surface area contributed by atoms with E-state index in [9.17, 15) is 9.59 Å². The molecule has 0 aromatic heterocycles. The molecule has 0 radical (unpaired) electrons. The van der Waals surface area contributed by atoms with Gasteiger partial charge in [-0.25, -0.2) is 4.90 Å². The third-order valence-electron chi connectivity index (χ3n) is 7.42. The molecule has 4 heteroatoms. The van der Waals surface area contributed by atoms with Gasteiger partial charge in [0.1, 0.15) is 0 Å². The molecule has 0 N–H and O–H groups in total. The molecule has 1 saturated heterocycles. The Morgan fingerprint density at radius 2 is 1.50 bits per heavy atom. The smallest absolute Gasteiger partial charge is 0.238 e. The minimum Gasteiger partial charge on any atom is -0.274 e. The molecular formula is C26H20BrNO2. The average Bonchev–Trinajstić information content (AvgIpc) is 3.05. The van der Waals surface area contributed by atoms with Gasteiger partial charge in [0.15, 0.2) is 0 Å². The molecule has 2 amide bonds. The van der Waals surface area contributed by atoms with Crippen molar-refractivity contribution in [1.82, 2.24) is 0 Å². The molecule has 0 saturated carbocycles. The molecule has 7 rings (SSSR count). The first-order chi connectivity index (χ1) is 14.6. The molecule has 3 aliphatic carbocycles. The van der Waals surface area contributed by atoms with Crippen LogP contribution in [-0.4, -0.2) is 11.8 Å². The summed E-state index contributed by atoms with van der Waals surface area (Å²) in [6.45, 7) is 2.15. The third-order valence-corrected chi connectivity index (χ3v) is 7.91. The van der Waals surface area contributed by atoms with E-state index in [-0.39, 0.29) is 29.6 Å². The van der Waals surface area contributed by atoms with Crippen molar-refractivity contribution >= 4 is 33.4 Å². The minimum absolute atomic E-state index is 0.0704. The quantitative estimate of drug-likeness (QED) is 0.482. The van der Waals surface area contributed by atoms with E-state index in [4.69, 9.17) is 0 Å². The first-order valence-corrected chi connectivity index (χ1v) is 11.2. The Balaban J connectivity index is 1.65. The lowest BCUT2D eigenvalue weighted by Gasteiger charge is -2.54. The molecule has 30 heavy (non-hydrogen) atoms. The van der Waals surface area contributed by atoms with Crippen LogP contribution >= 0.6 is 15.9 Å². The summed E-state index contributed by atoms with van der Waals surface area (Å²) in [6.07, 6.45) is 0.778. The van der Waals surface area contributed by atoms with E-state index < -0.39 is 5.41 Å². The third kappa shape index (κ3) is 2.00. The number of imide groups is 1. The molecule has 3 aromatic carbocycles. The van der Waals surface area contributed by atoms with Gasteiger partial charge in [0.25, 0.3) is 0 Å². The summed E-state index contributed by atoms with van der Waals surface area (Å²) < 4.78 is 0.857. The number of carbonyl (C=O) groups is 2. The molecule has 4 aliphatic rings. The van der Waals surface area contributed by atoms with Crippen LogP contribution in [0.25, 0.3) is 0 Å². The first-order valence-electron chi connectivity index (χ1n) is 10.4. The number of amides is 2. The van der Waals surface area contributed by atoms with Crippen LogP contribution in [0.15, 0.2) is 77.3 Å². The molecule has 0 unspecified atom stereocenters. The van der Waals surface area contributed by atoms with Crippen molar-refractivity contribution in [1.29, 1.82) is 0 Å². The summed E-state index contributed by atoms with van der Waals surface area (Å²) in [5, 5.41) is 0. The Kier molecular flexibility index (Phi) is 3.70. The highest BCUT2D eigenvalue weighted by molar-refractivity contribution is 9.10. The maximum absolute atomic E-state index is 13.9. The fourth-order valence-corrected chi connectivity index (χ4v) is 6.79. The summed E-state index contributed by atoms with van der Waals surface area (Å²) in [6, 6.07) is 24.3. The van der Waals surface area contributed by atoms with E-state index >= 15 is 0 Å². The zero-order valence-corrected chi connectivity index (χ0v) is 18.1. The van der Waals surface area contributed by atoms with Crippen LogP contribution in [0.1, 0.15) is 41.5 Å². The molecule has 3 aromatic rings. The van der Waals surface area contributed by atoms with Crippen LogP contribution in [0, 0.1) is 11.8 Å². The highest BCUT2D eigenvalue weighted by atomic mass is 79.9. The van der Waals surface area contributed by atoms with E-state index in [0.29, 0.717) is 5.69 Å². The second kappa shape index (κ2) is 6.14. The van der Waals surface area contributed by atoms with E-state index in [2.05, 4.69) is 59.3 Å². The topological polar surface area (TPSA) is 37.4 Å². The van der Waals surface area contributed by atoms with Crippen molar-refractivity contribution in [3.05, 3.63) is 99.5 Å². The lowest BCUT2D eigenvalue weighted by Crippen LogP contribution is -2.53. The zero-order valence-electron chi connectivity index (χ0n) is 16.5. The molecule has 2 bridgehead atoms. The van der Waals surface area contributed by atoms with Crippen LogP contribution < -0.4 is 4.90 Å². The largest absolute Gasteiger partial charge is 0.274 e. The van der Waals surface area contributed by atoms with Crippen LogP contribution in [0.5, 0.6) is 0 Å². The van der Waals surface area contributed by atoms with E-state index in [0.717, 1.165) is 10.9 Å². The second-order valence-electron chi connectivity index (χ2n) is 8.47. The van der Waals surface area contributed by atoms with Crippen molar-refractivity contribution in [2.75, 3.05) is 4.90 Å². The highest BCUT2D eigenvalue weighted by Gasteiger charge is 2.67. The normalized spacial score (nSPS) is 28.3. The highest BCUT2D eigenvalue weighted by Crippen LogP contribution is 2.65. The number of halogens is 1. The lowest BCUT2D eigenvalue weighted by atomic mass is 9.46. The van der Waals surface area contributed by atoms with Gasteiger partial charge in [-0.2, -0.15) is 0 Å². The standard InChI is InChI=1S/C26H20BrNO2/c1-2-26-19-12-5-3-10-17(19)21(18-11-4-6-13-20(18)26)22-23(26)25(30)28(24(22)29)16-9-7-8-15(27)14-16/h3-14,21-23H,2H2,1H3/t21?,22-,23+,26?/m0/s1. The number of hydrogen-bond acceptors (Lipinski definition) is 2. The molecular weight excluding hydrogens is 438 g/mol. The van der Waals surface area contributed by atoms with E-state index in [1.165, 1.54) is 27.2 Å². The Morgan fingerprint density at radius 3 is 2.10 bits per heavy atom. The van der Waals surface area contributed by atoms with Crippen molar-refractivity contribution < 1.29 is 9.59 Å². The van der Waals surface area contributed by atoms with Gasteiger partial charge in [-0.1, -0.05) is 77.5 Å². The number of benzene rings is 3. The van der Waals surface area contributed by atoms with Gasteiger partial charge in [-0.15, -0.1) is 0 Å². The van der Waals surface area contributed by atoms with Crippen LogP contribution in [0.2, 0.25) is 0 Å². The minimum atomic E-state index is -0.472. The number of carbonyl (C=O) groups excluding carboxylic acids is 2. The van der Waals surface area contributed by atoms with Gasteiger partial charge in [0, 0.05) is 15.8 Å². The number of hydrogen-bond donors (Lipinski definition) is 0. The van der Waals surface area contributed by atoms with Gasteiger partial charge in [0.05, 0.1) is 17.5 Å². The number of anilines is 1. The van der Waals surface area contributed by atoms with Gasteiger partial charge in [0.2, 0.25) is 11.8 Å². The fraction of sp³-hybridized carbons (Fsp3) is 0.231. The van der Waals surface area contributed by atoms with Crippen LogP contribution in [-0.2, 0) is 15.0 Å². The van der Waals surface area contributed by atoms with Gasteiger partial charge in [-0.05, 0) is 46.9 Å². The van der Waals surface area contributed by atoms with Crippen molar-refractivity contribution in [2.45, 2.75) is 24.7 Å². The zero-order chi connectivity index (χ0) is 20.6. The number of rotatable bonds is 2. The molecule has 148 valence electrons. The maximum Gasteiger partial charge on any atom is 0.238 e. The lowest BCUT2D eigenvalue weighted by molar-refractivity contribution is -0.123. The predicted octanol–water partition coefficient (Wildman–Crippen LogP) is 5.41. The molecule has 1 fully saturated rings. The molecule has 1 aliphatic heterocycles. The van der Waals surface area contributed by atoms with Gasteiger partial charge >= 0.3 is 0 Å². The summed E-state index contributed by atoms with van der Waals surface area (Å²) in [4.78, 5) is 29.2. The van der Waals surface area contributed by atoms with E-state index in [1.807, 2.05) is 36.4 Å². The van der Waals surface area contributed by atoms with Gasteiger partial charge < -0.3 is 0 Å². The molecule has 2 atom stereocenters. The summed E-state index contributed by atoms with van der Waals surface area (Å²) in [7, 11) is 0. The molecule has 3 nitrogen and oxygen atoms in total. The fourth-order valence-electron chi connectivity index (χ4n) is 6.40. The monoisotopic (exact) mass is 457 g/mol. The SMILES string of the molecule is CCC12c3ccccc3C(c3ccccc31)[C@@H]1C(=O)N(c3cccc(Br)c3)C(=O)[C@@H]12. The van der Waals surface area contributed by atoms with Crippen molar-refractivity contribution in [2.24, 2.45) is 11.8 Å². The predicted molar refractivity (Wildman–Crippen MR) is 119 cm³/mol. The maximum atomic E-state index is 13.9. The average molecular weight is 458 g/mol. The Labute approximate surface area is 183 Å². The van der Waals surface area contributed by atoms with Crippen LogP contribution in [0.4, 0.5) is 5.69 Å². The summed E-state index contributed by atoms with van der Waals surface area (Å²) in [5.74, 6) is -0.955. The van der Waals surface area contributed by atoms with Crippen molar-refractivity contribution in [3.63, 3.8) is 0 Å². The van der Waals surface area contributed by atoms with Crippen molar-refractivity contribution in [3.8, 4) is 0 Å². The Hall–Kier alpha value is -2.72. The molecule has 0 spiro atoms. The van der Waals surface area contributed by atoms with Crippen LogP contribution in [0.3, 0.4) is 0 Å². The second-order valence-corrected chi connectivity index (χ2v) is 9.39. The summed E-state index contributed by atoms with van der Waals surface area (Å²) in [5.41, 5.74) is 5.02. The first kappa shape index (κ1) is 18.1. The molecule has 1 heterocycles. The Bertz CT molecular complexity index is 1190. The summed E-state index contributed by atoms with van der Waals surface area (Å²) >= 11 is 3.48. The number of nitrogens with zero attached hydrogens (tertiary/aromatic N) is 1.